The molecule has 0 fully saturated rings. The normalized spacial score (nSPS) is 14.1. The number of anilines is 3. The van der Waals surface area contributed by atoms with Crippen molar-refractivity contribution in [3.8, 4) is 67.5 Å². The molecule has 17 rings (SSSR count). The molecule has 2 aliphatic heterocycles. The van der Waals surface area contributed by atoms with Gasteiger partial charge in [-0.15, -0.1) is 0 Å². The van der Waals surface area contributed by atoms with Crippen LogP contribution in [0.2, 0.25) is 0 Å². The number of hydrogen-bond donors (Lipinski definition) is 0. The van der Waals surface area contributed by atoms with Crippen LogP contribution in [-0.2, 0) is 10.8 Å². The summed E-state index contributed by atoms with van der Waals surface area (Å²) in [6.45, 7) is 0. The van der Waals surface area contributed by atoms with Gasteiger partial charge in [-0.2, -0.15) is 0 Å². The Hall–Kier alpha value is -10.2. The second kappa shape index (κ2) is 16.2. The summed E-state index contributed by atoms with van der Waals surface area (Å²) in [7, 11) is 0. The van der Waals surface area contributed by atoms with Crippen molar-refractivity contribution in [2.24, 2.45) is 0 Å². The van der Waals surface area contributed by atoms with E-state index in [-0.39, 0.29) is 0 Å². The van der Waals surface area contributed by atoms with Crippen molar-refractivity contribution in [1.82, 2.24) is 0 Å². The van der Waals surface area contributed by atoms with Crippen molar-refractivity contribution in [2.75, 3.05) is 4.90 Å². The summed E-state index contributed by atoms with van der Waals surface area (Å²) < 4.78 is 19.9. The van der Waals surface area contributed by atoms with Crippen LogP contribution in [0.25, 0.3) is 66.4 Å². The number of benzene rings is 12. The van der Waals surface area contributed by atoms with Crippen LogP contribution in [0.1, 0.15) is 44.5 Å². The molecule has 0 atom stereocenters. The fourth-order valence-electron chi connectivity index (χ4n) is 14.0. The molecule has 3 heterocycles. The fourth-order valence-corrected chi connectivity index (χ4v) is 14.0. The molecule has 4 heteroatoms. The van der Waals surface area contributed by atoms with Crippen LogP contribution in [0.15, 0.2) is 277 Å². The van der Waals surface area contributed by atoms with Gasteiger partial charge in [0.2, 0.25) is 0 Å². The van der Waals surface area contributed by atoms with Crippen molar-refractivity contribution in [3.63, 3.8) is 0 Å². The molecule has 0 unspecified atom stereocenters. The summed E-state index contributed by atoms with van der Waals surface area (Å²) in [6, 6.07) is 99.1. The lowest BCUT2D eigenvalue weighted by Crippen LogP contribution is -2.32. The molecule has 0 saturated carbocycles. The highest BCUT2D eigenvalue weighted by Gasteiger charge is 2.52. The van der Waals surface area contributed by atoms with Gasteiger partial charge in [-0.3, -0.25) is 0 Å². The molecule has 0 radical (unpaired) electrons. The van der Waals surface area contributed by atoms with Crippen LogP contribution >= 0.6 is 0 Å². The summed E-state index contributed by atoms with van der Waals surface area (Å²) >= 11 is 0. The smallest absolute Gasteiger partial charge is 0.143 e. The number of furan rings is 1. The second-order valence-electron chi connectivity index (χ2n) is 21.0. The highest BCUT2D eigenvalue weighted by atomic mass is 16.5. The molecule has 2 spiro atoms. The van der Waals surface area contributed by atoms with Crippen LogP contribution in [0, 0.1) is 0 Å². The van der Waals surface area contributed by atoms with Crippen LogP contribution < -0.4 is 14.4 Å². The van der Waals surface area contributed by atoms with Crippen molar-refractivity contribution in [1.29, 1.82) is 0 Å². The maximum absolute atomic E-state index is 6.73. The molecule has 78 heavy (non-hydrogen) atoms. The van der Waals surface area contributed by atoms with Crippen LogP contribution in [0.4, 0.5) is 17.1 Å². The first kappa shape index (κ1) is 43.1. The highest BCUT2D eigenvalue weighted by Crippen LogP contribution is 2.64. The summed E-state index contributed by atoms with van der Waals surface area (Å²) in [5.41, 5.74) is 22.8. The molecule has 13 aromatic rings. The lowest BCUT2D eigenvalue weighted by atomic mass is 9.66. The van der Waals surface area contributed by atoms with Crippen LogP contribution in [-0.4, -0.2) is 0 Å². The predicted molar refractivity (Wildman–Crippen MR) is 314 cm³/mol. The molecular formula is C74H45NO3. The molecule has 0 saturated heterocycles. The Kier molecular flexibility index (Phi) is 8.94. The summed E-state index contributed by atoms with van der Waals surface area (Å²) in [5, 5.41) is 2.24. The number of rotatable bonds is 5. The zero-order valence-electron chi connectivity index (χ0n) is 42.2. The average molecular weight is 996 g/mol. The summed E-state index contributed by atoms with van der Waals surface area (Å²) in [6.07, 6.45) is 0. The third kappa shape index (κ3) is 5.78. The minimum atomic E-state index is -0.613. The molecule has 4 aliphatic rings. The van der Waals surface area contributed by atoms with Gasteiger partial charge >= 0.3 is 0 Å². The van der Waals surface area contributed by atoms with Crippen molar-refractivity contribution >= 4 is 39.0 Å². The third-order valence-corrected chi connectivity index (χ3v) is 17.2. The number of nitrogens with zero attached hydrogens (tertiary/aromatic N) is 1. The zero-order valence-corrected chi connectivity index (χ0v) is 42.2. The fraction of sp³-hybridized carbons (Fsp3) is 0.0270. The topological polar surface area (TPSA) is 34.8 Å². The Balaban J connectivity index is 0.828. The number of hydrogen-bond acceptors (Lipinski definition) is 4. The number of ether oxygens (including phenoxy) is 2. The van der Waals surface area contributed by atoms with Gasteiger partial charge in [0.05, 0.1) is 10.8 Å². The minimum absolute atomic E-state index is 0.515. The Morgan fingerprint density at radius 2 is 0.679 bits per heavy atom. The quantitative estimate of drug-likeness (QED) is 0.172. The average Bonchev–Trinajstić information content (AvgIpc) is 4.08. The van der Waals surface area contributed by atoms with E-state index in [1.807, 2.05) is 12.1 Å². The van der Waals surface area contributed by atoms with E-state index in [1.165, 1.54) is 55.6 Å². The molecule has 0 N–H and O–H groups in total. The van der Waals surface area contributed by atoms with Gasteiger partial charge in [-0.25, -0.2) is 0 Å². The van der Waals surface area contributed by atoms with E-state index >= 15 is 0 Å². The first-order valence-corrected chi connectivity index (χ1v) is 26.8. The van der Waals surface area contributed by atoms with Crippen LogP contribution in [0.3, 0.4) is 0 Å². The predicted octanol–water partition coefficient (Wildman–Crippen LogP) is 19.3. The highest BCUT2D eigenvalue weighted by molar-refractivity contribution is 6.09. The third-order valence-electron chi connectivity index (χ3n) is 17.2. The van der Waals surface area contributed by atoms with Crippen LogP contribution in [0.5, 0.6) is 23.0 Å². The molecular weight excluding hydrogens is 951 g/mol. The van der Waals surface area contributed by atoms with E-state index in [0.29, 0.717) is 0 Å². The first-order chi connectivity index (χ1) is 38.7. The number of fused-ring (bicyclic) bond motifs is 21. The van der Waals surface area contributed by atoms with Crippen molar-refractivity contribution in [2.45, 2.75) is 10.8 Å². The maximum Gasteiger partial charge on any atom is 0.143 e. The van der Waals surface area contributed by atoms with Gasteiger partial charge in [0.1, 0.15) is 34.2 Å². The Labute approximate surface area is 451 Å². The van der Waals surface area contributed by atoms with Gasteiger partial charge in [0.25, 0.3) is 0 Å². The first-order valence-electron chi connectivity index (χ1n) is 26.8. The van der Waals surface area contributed by atoms with Gasteiger partial charge in [0, 0.05) is 55.7 Å². The van der Waals surface area contributed by atoms with Gasteiger partial charge in [-0.05, 0) is 134 Å². The van der Waals surface area contributed by atoms with Crippen molar-refractivity contribution < 1.29 is 13.9 Å². The largest absolute Gasteiger partial charge is 0.457 e. The van der Waals surface area contributed by atoms with Crippen molar-refractivity contribution in [3.05, 3.63) is 317 Å². The standard InChI is InChI=1S/C74H45NO3/c1-4-21-59-53(16-1)55-42-41-51(45-66(55)74(59)64-25-8-13-30-70(64)77-71-31-14-9-26-65(71)74)75(50-39-34-47(35-40-50)52-19-15-20-57-56-18-3-10-27-67(56)78-72(52)57)49-37-32-46(33-38-49)48-36-43-61-58(44-48)54-17-2-5-22-60(54)73(61)62-23-6-11-28-68(62)76-69-29-12-7-24-63(69)73/h1-45H. The lowest BCUT2D eigenvalue weighted by molar-refractivity contribution is 0.436. The second-order valence-corrected chi connectivity index (χ2v) is 21.0. The molecule has 12 aromatic carbocycles. The molecule has 4 nitrogen and oxygen atoms in total. The molecule has 0 amide bonds. The molecule has 0 bridgehead atoms. The van der Waals surface area contributed by atoms with Gasteiger partial charge in [-0.1, -0.05) is 200 Å². The van der Waals surface area contributed by atoms with E-state index < -0.39 is 10.8 Å². The van der Waals surface area contributed by atoms with E-state index in [9.17, 15) is 0 Å². The monoisotopic (exact) mass is 995 g/mol. The Morgan fingerprint density at radius 1 is 0.256 bits per heavy atom. The van der Waals surface area contributed by atoms with Gasteiger partial charge < -0.3 is 18.8 Å². The van der Waals surface area contributed by atoms with E-state index in [4.69, 9.17) is 13.9 Å². The molecule has 364 valence electrons. The maximum atomic E-state index is 6.73. The van der Waals surface area contributed by atoms with E-state index in [2.05, 4.69) is 266 Å². The molecule has 2 aliphatic carbocycles. The summed E-state index contributed by atoms with van der Waals surface area (Å²) in [4.78, 5) is 2.41. The zero-order chi connectivity index (χ0) is 51.1. The van der Waals surface area contributed by atoms with E-state index in [0.717, 1.165) is 95.4 Å². The van der Waals surface area contributed by atoms with Gasteiger partial charge in [0.15, 0.2) is 0 Å². The Morgan fingerprint density at radius 3 is 1.28 bits per heavy atom. The SMILES string of the molecule is c1ccc2c(c1)Oc1ccccc1C21c2ccccc2-c2cc(-c3ccc(N(c4ccc(-c5cccc6c5oc5ccccc56)cc4)c4ccc5c(c4)C4(c6ccccc6Oc6ccccc64)c4ccccc4-5)cc3)ccc21. The lowest BCUT2D eigenvalue weighted by Gasteiger charge is -2.39. The summed E-state index contributed by atoms with van der Waals surface area (Å²) in [5.74, 6) is 3.54. The molecule has 1 aromatic heterocycles. The van der Waals surface area contributed by atoms with E-state index in [1.54, 1.807) is 0 Å². The number of para-hydroxylation sites is 6. The Bertz CT molecular complexity index is 4550. The minimum Gasteiger partial charge on any atom is -0.457 e.